The number of anilines is 2. The van der Waals surface area contributed by atoms with Crippen molar-refractivity contribution in [3.63, 3.8) is 0 Å². The third-order valence-corrected chi connectivity index (χ3v) is 10.7. The molecule has 0 bridgehead atoms. The maximum Gasteiger partial charge on any atom is 0.254 e. The van der Waals surface area contributed by atoms with Gasteiger partial charge in [0.05, 0.1) is 43.5 Å². The van der Waals surface area contributed by atoms with Crippen LogP contribution in [-0.2, 0) is 27.2 Å². The van der Waals surface area contributed by atoms with Gasteiger partial charge in [-0.1, -0.05) is 43.1 Å². The normalized spacial score (nSPS) is 18.2. The van der Waals surface area contributed by atoms with Gasteiger partial charge in [0.1, 0.15) is 0 Å². The van der Waals surface area contributed by atoms with Crippen LogP contribution in [0, 0.1) is 17.8 Å². The minimum atomic E-state index is -0.585. The molecule has 4 aromatic rings. The van der Waals surface area contributed by atoms with Crippen molar-refractivity contribution in [2.75, 3.05) is 57.7 Å². The number of aromatic nitrogens is 1. The molecule has 56 heavy (non-hydrogen) atoms. The molecule has 298 valence electrons. The maximum absolute atomic E-state index is 13.7. The maximum atomic E-state index is 13.7. The van der Waals surface area contributed by atoms with Gasteiger partial charge in [-0.05, 0) is 79.6 Å². The number of ether oxygens (including phenoxy) is 2. The van der Waals surface area contributed by atoms with Crippen molar-refractivity contribution in [2.24, 2.45) is 17.8 Å². The Bertz CT molecular complexity index is 2070. The summed E-state index contributed by atoms with van der Waals surface area (Å²) in [4.78, 5) is 59.2. The number of aryl methyl sites for hydroxylation is 1. The lowest BCUT2D eigenvalue weighted by Gasteiger charge is -2.39. The van der Waals surface area contributed by atoms with Gasteiger partial charge in [-0.25, -0.2) is 0 Å². The Morgan fingerprint density at radius 1 is 0.946 bits per heavy atom. The van der Waals surface area contributed by atoms with Gasteiger partial charge < -0.3 is 45.7 Å². The molecule has 6 N–H and O–H groups in total. The zero-order chi connectivity index (χ0) is 39.9. The van der Waals surface area contributed by atoms with E-state index in [4.69, 9.17) is 21.1 Å². The minimum Gasteiger partial charge on any atom is -0.493 e. The predicted molar refractivity (Wildman–Crippen MR) is 217 cm³/mol. The Morgan fingerprint density at radius 3 is 2.50 bits per heavy atom. The number of aromatic amines is 1. The zero-order valence-corrected chi connectivity index (χ0v) is 33.2. The van der Waals surface area contributed by atoms with Crippen LogP contribution in [-0.4, -0.2) is 91.4 Å². The fourth-order valence-corrected chi connectivity index (χ4v) is 7.89. The molecule has 2 saturated heterocycles. The Morgan fingerprint density at radius 2 is 1.75 bits per heavy atom. The minimum absolute atomic E-state index is 0.0567. The fourth-order valence-electron chi connectivity index (χ4n) is 7.71. The van der Waals surface area contributed by atoms with E-state index >= 15 is 0 Å². The average molecular weight is 787 g/mol. The first-order chi connectivity index (χ1) is 27.0. The van der Waals surface area contributed by atoms with Crippen molar-refractivity contribution in [1.82, 2.24) is 31.0 Å². The molecular formula is C41H51ClN8O6. The van der Waals surface area contributed by atoms with Gasteiger partial charge in [0.2, 0.25) is 17.7 Å². The number of nitrogens with zero attached hydrogens (tertiary/aromatic N) is 2. The van der Waals surface area contributed by atoms with Gasteiger partial charge in [0, 0.05) is 60.9 Å². The van der Waals surface area contributed by atoms with Crippen LogP contribution in [0.3, 0.4) is 0 Å². The number of methoxy groups -OCH3 is 1. The summed E-state index contributed by atoms with van der Waals surface area (Å²) < 4.78 is 11.3. The van der Waals surface area contributed by atoms with Crippen LogP contribution in [0.5, 0.6) is 11.5 Å². The molecule has 0 saturated carbocycles. The van der Waals surface area contributed by atoms with Crippen LogP contribution in [0.2, 0.25) is 5.02 Å². The second-order valence-corrected chi connectivity index (χ2v) is 15.0. The topological polar surface area (TPSA) is 169 Å². The summed E-state index contributed by atoms with van der Waals surface area (Å²) in [6, 6.07) is 16.9. The molecule has 14 nitrogen and oxygen atoms in total. The van der Waals surface area contributed by atoms with Crippen LogP contribution in [0.15, 0.2) is 60.8 Å². The molecule has 3 atom stereocenters. The summed E-state index contributed by atoms with van der Waals surface area (Å²) in [7, 11) is 3.03. The van der Waals surface area contributed by atoms with E-state index in [0.717, 1.165) is 28.6 Å². The van der Waals surface area contributed by atoms with E-state index in [1.165, 1.54) is 31.8 Å². The van der Waals surface area contributed by atoms with Crippen LogP contribution >= 0.6 is 11.6 Å². The molecule has 15 heteroatoms. The zero-order valence-electron chi connectivity index (χ0n) is 32.5. The first kappa shape index (κ1) is 40.2. The predicted octanol–water partition coefficient (Wildman–Crippen LogP) is 4.76. The molecule has 3 aliphatic rings. The highest BCUT2D eigenvalue weighted by molar-refractivity contribution is 6.31. The van der Waals surface area contributed by atoms with Crippen molar-refractivity contribution < 1.29 is 28.7 Å². The Kier molecular flexibility index (Phi) is 12.9. The van der Waals surface area contributed by atoms with Crippen LogP contribution < -0.4 is 36.5 Å². The van der Waals surface area contributed by atoms with Crippen molar-refractivity contribution in [3.8, 4) is 11.5 Å². The third kappa shape index (κ3) is 9.14. The molecule has 0 radical (unpaired) electrons. The summed E-state index contributed by atoms with van der Waals surface area (Å²) in [6.07, 6.45) is 4.20. The highest BCUT2D eigenvalue weighted by Crippen LogP contribution is 2.38. The number of halogens is 1. The molecule has 2 fully saturated rings. The van der Waals surface area contributed by atoms with E-state index in [0.29, 0.717) is 41.7 Å². The fraction of sp³-hybridized carbons (Fsp3) is 0.415. The second-order valence-electron chi connectivity index (χ2n) is 14.6. The van der Waals surface area contributed by atoms with Crippen LogP contribution in [0.25, 0.3) is 10.9 Å². The van der Waals surface area contributed by atoms with E-state index in [9.17, 15) is 19.2 Å². The standard InChI is InChI=1S/C32H38ClN5O6.C9H13N3/c1-18(2)44-27-8-5-19(9-28(27)43-4)32(42)38-15-21-14-37(17-25(24(21)16-38)31(41)36-13-29(39)34-3)30(40)10-20-12-35-26-11-22(33)6-7-23(20)26;1-2-4-7-5-3-6-8-9(7)11-12-10-8/h5-9,11-12,18,21,24-25,35H,10,13-17H2,1-4H3,(H,34,39)(H,36,41);3,5-6,10-12H,2,4H2,1H3. The van der Waals surface area contributed by atoms with Crippen molar-refractivity contribution >= 4 is 57.5 Å². The number of likely N-dealkylation sites (N-methyl/N-ethyl adjacent to an activating group) is 1. The molecule has 3 aromatic carbocycles. The first-order valence-corrected chi connectivity index (χ1v) is 19.4. The molecule has 3 aliphatic heterocycles. The lowest BCUT2D eigenvalue weighted by atomic mass is 9.79. The second kappa shape index (κ2) is 18.0. The number of carbonyl (C=O) groups excluding carboxylic acids is 4. The number of likely N-dealkylation sites (tertiary alicyclic amines) is 2. The summed E-state index contributed by atoms with van der Waals surface area (Å²) in [5, 5.41) is 6.74. The first-order valence-electron chi connectivity index (χ1n) is 19.0. The molecular weight excluding hydrogens is 736 g/mol. The van der Waals surface area contributed by atoms with Gasteiger partial charge in [0.25, 0.3) is 5.91 Å². The van der Waals surface area contributed by atoms with Crippen LogP contribution in [0.4, 0.5) is 11.4 Å². The highest BCUT2D eigenvalue weighted by atomic mass is 35.5. The number of hydrazine groups is 2. The molecule has 4 heterocycles. The largest absolute Gasteiger partial charge is 0.493 e. The van der Waals surface area contributed by atoms with E-state index in [-0.39, 0.29) is 61.1 Å². The summed E-state index contributed by atoms with van der Waals surface area (Å²) in [6.45, 7) is 7.23. The van der Waals surface area contributed by atoms with Crippen LogP contribution in [0.1, 0.15) is 48.7 Å². The van der Waals surface area contributed by atoms with E-state index in [1.54, 1.807) is 40.3 Å². The van der Waals surface area contributed by atoms with Gasteiger partial charge in [0.15, 0.2) is 11.5 Å². The number of H-pyrrole nitrogens is 1. The highest BCUT2D eigenvalue weighted by Gasteiger charge is 2.48. The number of piperidine rings is 1. The Hall–Kier alpha value is -5.47. The number of para-hydroxylation sites is 1. The monoisotopic (exact) mass is 786 g/mol. The lowest BCUT2D eigenvalue weighted by molar-refractivity contribution is -0.139. The third-order valence-electron chi connectivity index (χ3n) is 10.5. The summed E-state index contributed by atoms with van der Waals surface area (Å²) in [5.41, 5.74) is 14.8. The lowest BCUT2D eigenvalue weighted by Crippen LogP contribution is -2.54. The number of rotatable bonds is 11. The SMILES string of the molecule is CCCc1cccc2c1NNN2.CNC(=O)CNC(=O)C1CN(C(=O)Cc2c[nH]c3cc(Cl)ccc23)CC2CN(C(=O)c3ccc(OC(C)C)c(OC)c3)CC21. The van der Waals surface area contributed by atoms with E-state index in [2.05, 4.69) is 57.1 Å². The Labute approximate surface area is 331 Å². The molecule has 0 aliphatic carbocycles. The van der Waals surface area contributed by atoms with Gasteiger partial charge >= 0.3 is 0 Å². The number of benzene rings is 3. The summed E-state index contributed by atoms with van der Waals surface area (Å²) >= 11 is 6.12. The molecule has 0 spiro atoms. The van der Waals surface area contributed by atoms with Gasteiger partial charge in [-0.2, -0.15) is 0 Å². The number of hydrogen-bond acceptors (Lipinski definition) is 9. The average Bonchev–Trinajstić information content (AvgIpc) is 3.95. The van der Waals surface area contributed by atoms with Crippen molar-refractivity contribution in [2.45, 2.75) is 46.1 Å². The number of fused-ring (bicyclic) bond motifs is 3. The van der Waals surface area contributed by atoms with Gasteiger partial charge in [-0.15, -0.1) is 5.53 Å². The van der Waals surface area contributed by atoms with E-state index < -0.39 is 5.92 Å². The molecule has 7 rings (SSSR count). The quantitative estimate of drug-likeness (QED) is 0.126. The van der Waals surface area contributed by atoms with E-state index in [1.807, 2.05) is 26.0 Å². The smallest absolute Gasteiger partial charge is 0.254 e. The molecule has 3 unspecified atom stereocenters. The van der Waals surface area contributed by atoms with Gasteiger partial charge in [-0.3, -0.25) is 19.2 Å². The van der Waals surface area contributed by atoms with Crippen molar-refractivity contribution in [1.29, 1.82) is 0 Å². The summed E-state index contributed by atoms with van der Waals surface area (Å²) in [5.74, 6) is -0.786. The number of amides is 4. The van der Waals surface area contributed by atoms with Crippen molar-refractivity contribution in [3.05, 3.63) is 82.5 Å². The Balaban J connectivity index is 0.000000374. The number of nitrogens with one attached hydrogen (secondary N) is 6. The number of carbonyl (C=O) groups is 4. The molecule has 4 amide bonds. The number of hydrogen-bond donors (Lipinski definition) is 6. The molecule has 1 aromatic heterocycles.